The molecule has 0 aromatic heterocycles. The molecule has 1 aromatic rings. The van der Waals surface area contributed by atoms with Gasteiger partial charge in [-0.2, -0.15) is 0 Å². The summed E-state index contributed by atoms with van der Waals surface area (Å²) in [6, 6.07) is 7.34. The second kappa shape index (κ2) is 6.39. The molecule has 104 valence electrons. The second-order valence-electron chi connectivity index (χ2n) is 4.43. The van der Waals surface area contributed by atoms with E-state index in [-0.39, 0.29) is 12.4 Å². The van der Waals surface area contributed by atoms with Crippen molar-refractivity contribution >= 4 is 35.0 Å². The molecular weight excluding hydrogens is 294 g/mol. The van der Waals surface area contributed by atoms with Crippen LogP contribution in [0.25, 0.3) is 0 Å². The maximum atomic E-state index is 11.7. The number of allylic oxidation sites excluding steroid dienone is 3. The van der Waals surface area contributed by atoms with Crippen molar-refractivity contribution in [3.05, 3.63) is 52.1 Å². The average molecular weight is 308 g/mol. The summed E-state index contributed by atoms with van der Waals surface area (Å²) in [5, 5.41) is 10.0. The number of hydrogen-bond acceptors (Lipinski definition) is 4. The number of carbonyl (C=O) groups excluding carboxylic acids is 1. The molecule has 0 heterocycles. The topological polar surface area (TPSA) is 49.7 Å². The normalized spacial score (nSPS) is 17.7. The largest absolute Gasteiger partial charge is 0.392 e. The highest BCUT2D eigenvalue weighted by Gasteiger charge is 2.20. The minimum absolute atomic E-state index is 0.0676. The van der Waals surface area contributed by atoms with Crippen LogP contribution in [0, 0.1) is 0 Å². The fourth-order valence-corrected chi connectivity index (χ4v) is 2.61. The molecule has 0 atom stereocenters. The van der Waals surface area contributed by atoms with Gasteiger partial charge in [0.15, 0.2) is 5.78 Å². The Labute approximate surface area is 127 Å². The van der Waals surface area contributed by atoms with Gasteiger partial charge in [-0.3, -0.25) is 4.79 Å². The van der Waals surface area contributed by atoms with Crippen molar-refractivity contribution in [3.63, 3.8) is 0 Å². The predicted octanol–water partition coefficient (Wildman–Crippen LogP) is 3.63. The minimum Gasteiger partial charge on any atom is -0.392 e. The number of halogens is 1. The molecule has 0 spiro atoms. The van der Waals surface area contributed by atoms with E-state index in [2.05, 4.69) is 4.40 Å². The van der Waals surface area contributed by atoms with Crippen molar-refractivity contribution in [2.75, 3.05) is 6.61 Å². The van der Waals surface area contributed by atoms with Gasteiger partial charge < -0.3 is 5.11 Å². The third-order valence-electron chi connectivity index (χ3n) is 3.12. The van der Waals surface area contributed by atoms with Crippen LogP contribution in [-0.2, 0) is 4.79 Å². The van der Waals surface area contributed by atoms with E-state index in [1.807, 2.05) is 19.1 Å². The molecule has 0 fully saturated rings. The first-order valence-electron chi connectivity index (χ1n) is 6.07. The van der Waals surface area contributed by atoms with Crippen LogP contribution in [0.1, 0.15) is 13.8 Å². The van der Waals surface area contributed by atoms with Crippen molar-refractivity contribution < 1.29 is 9.90 Å². The van der Waals surface area contributed by atoms with Gasteiger partial charge in [0.1, 0.15) is 0 Å². The SMILES string of the molecule is CC1=C(C)C(=NSc2ccc(Cl)cc2)C(CO)=CC1=O. The zero-order chi connectivity index (χ0) is 14.7. The van der Waals surface area contributed by atoms with E-state index in [1.54, 1.807) is 19.1 Å². The lowest BCUT2D eigenvalue weighted by Gasteiger charge is -2.16. The smallest absolute Gasteiger partial charge is 0.182 e. The summed E-state index contributed by atoms with van der Waals surface area (Å²) in [5.41, 5.74) is 2.70. The lowest BCUT2D eigenvalue weighted by atomic mass is 9.91. The van der Waals surface area contributed by atoms with Gasteiger partial charge in [0.05, 0.1) is 12.3 Å². The molecule has 3 nitrogen and oxygen atoms in total. The molecule has 20 heavy (non-hydrogen) atoms. The Balaban J connectivity index is 2.29. The van der Waals surface area contributed by atoms with Crippen molar-refractivity contribution in [1.29, 1.82) is 0 Å². The number of rotatable bonds is 3. The Morgan fingerprint density at radius 1 is 1.20 bits per heavy atom. The van der Waals surface area contributed by atoms with E-state index in [4.69, 9.17) is 11.6 Å². The Morgan fingerprint density at radius 3 is 2.45 bits per heavy atom. The molecule has 1 aliphatic carbocycles. The molecule has 0 saturated carbocycles. The van der Waals surface area contributed by atoms with Gasteiger partial charge in [0.2, 0.25) is 0 Å². The maximum Gasteiger partial charge on any atom is 0.182 e. The van der Waals surface area contributed by atoms with Gasteiger partial charge in [-0.15, -0.1) is 0 Å². The molecule has 0 saturated heterocycles. The van der Waals surface area contributed by atoms with E-state index in [1.165, 1.54) is 18.0 Å². The molecule has 0 bridgehead atoms. The highest BCUT2D eigenvalue weighted by molar-refractivity contribution is 7.98. The highest BCUT2D eigenvalue weighted by Crippen LogP contribution is 2.26. The predicted molar refractivity (Wildman–Crippen MR) is 83.3 cm³/mol. The fourth-order valence-electron chi connectivity index (χ4n) is 1.78. The number of ketones is 1. The van der Waals surface area contributed by atoms with Gasteiger partial charge in [0, 0.05) is 33.0 Å². The first-order chi connectivity index (χ1) is 9.52. The fraction of sp³-hybridized carbons (Fsp3) is 0.200. The summed E-state index contributed by atoms with van der Waals surface area (Å²) in [7, 11) is 0. The van der Waals surface area contributed by atoms with Gasteiger partial charge in [-0.1, -0.05) is 11.6 Å². The third-order valence-corrected chi connectivity index (χ3v) is 4.13. The summed E-state index contributed by atoms with van der Waals surface area (Å²) in [4.78, 5) is 12.7. The van der Waals surface area contributed by atoms with E-state index in [0.717, 1.165) is 10.5 Å². The molecule has 0 aliphatic heterocycles. The molecule has 1 aliphatic rings. The first kappa shape index (κ1) is 15.0. The van der Waals surface area contributed by atoms with Crippen LogP contribution in [0.2, 0.25) is 5.02 Å². The summed E-state index contributed by atoms with van der Waals surface area (Å²) >= 11 is 7.13. The highest BCUT2D eigenvalue weighted by atomic mass is 35.5. The van der Waals surface area contributed by atoms with Crippen LogP contribution in [0.15, 0.2) is 56.4 Å². The van der Waals surface area contributed by atoms with E-state index in [0.29, 0.717) is 21.9 Å². The van der Waals surface area contributed by atoms with Gasteiger partial charge >= 0.3 is 0 Å². The molecular formula is C15H14ClNO2S. The van der Waals surface area contributed by atoms with E-state index >= 15 is 0 Å². The minimum atomic E-state index is -0.198. The maximum absolute atomic E-state index is 11.7. The lowest BCUT2D eigenvalue weighted by molar-refractivity contribution is -0.111. The van der Waals surface area contributed by atoms with Crippen molar-refractivity contribution in [2.24, 2.45) is 4.40 Å². The van der Waals surface area contributed by atoms with Crippen LogP contribution < -0.4 is 0 Å². The zero-order valence-electron chi connectivity index (χ0n) is 11.2. The summed E-state index contributed by atoms with van der Waals surface area (Å²) < 4.78 is 4.45. The molecule has 1 aromatic carbocycles. The molecule has 1 N–H and O–H groups in total. The van der Waals surface area contributed by atoms with Gasteiger partial charge in [-0.25, -0.2) is 4.40 Å². The molecule has 5 heteroatoms. The molecule has 0 unspecified atom stereocenters. The van der Waals surface area contributed by atoms with Gasteiger partial charge in [0.25, 0.3) is 0 Å². The van der Waals surface area contributed by atoms with Crippen LogP contribution in [0.4, 0.5) is 0 Å². The Hall–Kier alpha value is -1.36. The van der Waals surface area contributed by atoms with Crippen LogP contribution in [-0.4, -0.2) is 23.2 Å². The van der Waals surface area contributed by atoms with Crippen LogP contribution in [0.3, 0.4) is 0 Å². The van der Waals surface area contributed by atoms with Crippen molar-refractivity contribution in [1.82, 2.24) is 0 Å². The standard InChI is InChI=1S/C15H14ClNO2S/c1-9-10(2)15(11(8-18)7-14(9)19)17-20-13-5-3-12(16)4-6-13/h3-7,18H,8H2,1-2H3. The summed E-state index contributed by atoms with van der Waals surface area (Å²) in [5.74, 6) is -0.0676. The number of aliphatic hydroxyl groups excluding tert-OH is 1. The number of nitrogens with zero attached hydrogens (tertiary/aromatic N) is 1. The summed E-state index contributed by atoms with van der Waals surface area (Å²) in [6.07, 6.45) is 1.45. The Bertz CT molecular complexity index is 630. The monoisotopic (exact) mass is 307 g/mol. The summed E-state index contributed by atoms with van der Waals surface area (Å²) in [6.45, 7) is 3.41. The zero-order valence-corrected chi connectivity index (χ0v) is 12.8. The average Bonchev–Trinajstić information content (AvgIpc) is 2.45. The van der Waals surface area contributed by atoms with Crippen LogP contribution >= 0.6 is 23.5 Å². The van der Waals surface area contributed by atoms with E-state index in [9.17, 15) is 9.90 Å². The van der Waals surface area contributed by atoms with Gasteiger partial charge in [-0.05, 0) is 49.8 Å². The first-order valence-corrected chi connectivity index (χ1v) is 7.22. The molecule has 0 amide bonds. The number of carbonyl (C=O) groups is 1. The number of aliphatic hydroxyl groups is 1. The Morgan fingerprint density at radius 2 is 1.85 bits per heavy atom. The number of hydrogen-bond donors (Lipinski definition) is 1. The van der Waals surface area contributed by atoms with Crippen molar-refractivity contribution in [2.45, 2.75) is 18.7 Å². The van der Waals surface area contributed by atoms with E-state index < -0.39 is 0 Å². The van der Waals surface area contributed by atoms with Crippen molar-refractivity contribution in [3.8, 4) is 0 Å². The quantitative estimate of drug-likeness (QED) is 0.685. The Kier molecular flexibility index (Phi) is 4.81. The third kappa shape index (κ3) is 3.20. The molecule has 2 rings (SSSR count). The van der Waals surface area contributed by atoms with Crippen LogP contribution in [0.5, 0.6) is 0 Å². The number of benzene rings is 1. The second-order valence-corrected chi connectivity index (χ2v) is 5.70. The molecule has 0 radical (unpaired) electrons. The lowest BCUT2D eigenvalue weighted by Crippen LogP contribution is -2.18.